The predicted octanol–water partition coefficient (Wildman–Crippen LogP) is 3.57. The first-order valence-corrected chi connectivity index (χ1v) is 11.3. The molecule has 1 saturated carbocycles. The highest BCUT2D eigenvalue weighted by Gasteiger charge is 2.35. The van der Waals surface area contributed by atoms with Gasteiger partial charge < -0.3 is 10.2 Å². The molecular weight excluding hydrogens is 408 g/mol. The van der Waals surface area contributed by atoms with Crippen molar-refractivity contribution in [1.29, 1.82) is 5.26 Å². The van der Waals surface area contributed by atoms with Gasteiger partial charge in [-0.05, 0) is 56.7 Å². The Morgan fingerprint density at radius 1 is 1.24 bits per heavy atom. The Bertz CT molecular complexity index is 927. The molecule has 1 amide bonds. The molecule has 4 rings (SSSR count). The van der Waals surface area contributed by atoms with Gasteiger partial charge in [-0.2, -0.15) is 5.26 Å². The lowest BCUT2D eigenvalue weighted by Gasteiger charge is -2.22. The van der Waals surface area contributed by atoms with Crippen molar-refractivity contribution in [2.45, 2.75) is 49.2 Å². The van der Waals surface area contributed by atoms with Crippen molar-refractivity contribution in [3.63, 3.8) is 0 Å². The van der Waals surface area contributed by atoms with Gasteiger partial charge in [0.2, 0.25) is 11.9 Å². The smallest absolute Gasteiger partial charge is 0.232 e. The minimum Gasteiger partial charge on any atom is -0.341 e. The van der Waals surface area contributed by atoms with Gasteiger partial charge in [-0.3, -0.25) is 9.36 Å². The van der Waals surface area contributed by atoms with Crippen LogP contribution < -0.4 is 10.2 Å². The highest BCUT2D eigenvalue weighted by Crippen LogP contribution is 2.31. The number of hydrogen-bond donors (Lipinski definition) is 1. The van der Waals surface area contributed by atoms with Gasteiger partial charge in [0, 0.05) is 18.1 Å². The van der Waals surface area contributed by atoms with Crippen molar-refractivity contribution >= 4 is 35.2 Å². The molecule has 2 aliphatic rings. The number of nitrogens with zero attached hydrogens (tertiary/aromatic N) is 5. The molecule has 0 atom stereocenters. The number of benzene rings is 1. The Balaban J connectivity index is 1.54. The number of nitrogens with one attached hydrogen (secondary N) is 1. The number of thioether (sulfide) groups is 1. The molecule has 7 nitrogen and oxygen atoms in total. The topological polar surface area (TPSA) is 86.8 Å². The van der Waals surface area contributed by atoms with Crippen LogP contribution in [0.15, 0.2) is 29.4 Å². The molecule has 9 heteroatoms. The normalized spacial score (nSPS) is 18.0. The highest BCUT2D eigenvalue weighted by molar-refractivity contribution is 7.99. The molecule has 29 heavy (non-hydrogen) atoms. The Morgan fingerprint density at radius 3 is 2.69 bits per heavy atom. The maximum Gasteiger partial charge on any atom is 0.232 e. The molecule has 1 aromatic carbocycles. The number of halogens is 1. The predicted molar refractivity (Wildman–Crippen MR) is 113 cm³/mol. The Hall–Kier alpha value is -2.24. The lowest BCUT2D eigenvalue weighted by atomic mass is 10.0. The third kappa shape index (κ3) is 4.36. The Morgan fingerprint density at radius 2 is 2.00 bits per heavy atom. The zero-order valence-electron chi connectivity index (χ0n) is 16.1. The summed E-state index contributed by atoms with van der Waals surface area (Å²) in [5.74, 6) is 0.807. The first kappa shape index (κ1) is 20.0. The summed E-state index contributed by atoms with van der Waals surface area (Å²) in [6.45, 7) is 1.88. The lowest BCUT2D eigenvalue weighted by molar-refractivity contribution is -0.119. The Labute approximate surface area is 179 Å². The van der Waals surface area contributed by atoms with Crippen molar-refractivity contribution in [2.24, 2.45) is 0 Å². The maximum atomic E-state index is 12.5. The van der Waals surface area contributed by atoms with E-state index in [0.29, 0.717) is 10.2 Å². The second-order valence-electron chi connectivity index (χ2n) is 7.53. The van der Waals surface area contributed by atoms with Crippen LogP contribution in [0.25, 0.3) is 5.69 Å². The second-order valence-corrected chi connectivity index (χ2v) is 8.91. The number of hydrogen-bond acceptors (Lipinski definition) is 6. The molecule has 0 spiro atoms. The molecule has 2 heterocycles. The van der Waals surface area contributed by atoms with Gasteiger partial charge in [-0.15, -0.1) is 10.2 Å². The number of carbonyl (C=O) groups excluding carboxylic acids is 1. The fourth-order valence-electron chi connectivity index (χ4n) is 4.00. The quantitative estimate of drug-likeness (QED) is 0.705. The summed E-state index contributed by atoms with van der Waals surface area (Å²) < 4.78 is 1.96. The minimum absolute atomic E-state index is 0.151. The molecule has 0 unspecified atom stereocenters. The van der Waals surface area contributed by atoms with Crippen molar-refractivity contribution in [1.82, 2.24) is 20.1 Å². The third-order valence-corrected chi connectivity index (χ3v) is 6.62. The molecule has 1 aliphatic heterocycles. The number of amides is 1. The van der Waals surface area contributed by atoms with Gasteiger partial charge >= 0.3 is 0 Å². The fraction of sp³-hybridized carbons (Fsp3) is 0.500. The SMILES string of the molecule is N#CC1(NC(=O)CSc2nnc(N3CCCC3)n2-c2cccc(Cl)c2)CCCC1. The molecular formula is C20H23ClN6OS. The van der Waals surface area contributed by atoms with E-state index in [0.717, 1.165) is 63.3 Å². The van der Waals surface area contributed by atoms with Gasteiger partial charge in [-0.25, -0.2) is 0 Å². The molecule has 1 aromatic heterocycles. The van der Waals surface area contributed by atoms with Crippen LogP contribution >= 0.6 is 23.4 Å². The summed E-state index contributed by atoms with van der Waals surface area (Å²) in [4.78, 5) is 14.7. The summed E-state index contributed by atoms with van der Waals surface area (Å²) in [6.07, 6.45) is 5.65. The average molecular weight is 431 g/mol. The highest BCUT2D eigenvalue weighted by atomic mass is 35.5. The van der Waals surface area contributed by atoms with E-state index >= 15 is 0 Å². The average Bonchev–Trinajstić information content (AvgIpc) is 3.46. The number of anilines is 1. The zero-order chi connectivity index (χ0) is 20.3. The van der Waals surface area contributed by atoms with Crippen LogP contribution in [0.1, 0.15) is 38.5 Å². The monoisotopic (exact) mass is 430 g/mol. The van der Waals surface area contributed by atoms with E-state index < -0.39 is 5.54 Å². The van der Waals surface area contributed by atoms with Crippen LogP contribution in [0.5, 0.6) is 0 Å². The van der Waals surface area contributed by atoms with E-state index in [4.69, 9.17) is 11.6 Å². The van der Waals surface area contributed by atoms with Gasteiger partial charge in [-0.1, -0.05) is 29.4 Å². The van der Waals surface area contributed by atoms with Gasteiger partial charge in [0.1, 0.15) is 5.54 Å². The number of nitriles is 1. The summed E-state index contributed by atoms with van der Waals surface area (Å²) in [5, 5.41) is 22.4. The van der Waals surface area contributed by atoms with E-state index in [9.17, 15) is 10.1 Å². The Kier molecular flexibility index (Phi) is 5.97. The lowest BCUT2D eigenvalue weighted by Crippen LogP contribution is -2.45. The van der Waals surface area contributed by atoms with Gasteiger partial charge in [0.15, 0.2) is 5.16 Å². The molecule has 2 aromatic rings. The molecule has 1 saturated heterocycles. The second kappa shape index (κ2) is 8.64. The molecule has 152 valence electrons. The fourth-order valence-corrected chi connectivity index (χ4v) is 4.93. The van der Waals surface area contributed by atoms with Crippen molar-refractivity contribution in [3.05, 3.63) is 29.3 Å². The van der Waals surface area contributed by atoms with Crippen LogP contribution in [0.2, 0.25) is 5.02 Å². The number of aromatic nitrogens is 3. The van der Waals surface area contributed by atoms with Gasteiger partial charge in [0.25, 0.3) is 0 Å². The molecule has 0 bridgehead atoms. The van der Waals surface area contributed by atoms with E-state index in [1.807, 2.05) is 28.8 Å². The third-order valence-electron chi connectivity index (χ3n) is 5.45. The van der Waals surface area contributed by atoms with Crippen molar-refractivity contribution in [2.75, 3.05) is 23.7 Å². The van der Waals surface area contributed by atoms with Crippen LogP contribution in [-0.2, 0) is 4.79 Å². The standard InChI is InChI=1S/C20H23ClN6OS/c21-15-6-5-7-16(12-15)27-18(26-10-3-4-11-26)24-25-19(27)29-13-17(28)23-20(14-22)8-1-2-9-20/h5-7,12H,1-4,8-11,13H2,(H,23,28). The summed E-state index contributed by atoms with van der Waals surface area (Å²) >= 11 is 7.54. The van der Waals surface area contributed by atoms with Crippen LogP contribution in [0, 0.1) is 11.3 Å². The number of carbonyl (C=O) groups is 1. The zero-order valence-corrected chi connectivity index (χ0v) is 17.7. The largest absolute Gasteiger partial charge is 0.341 e. The van der Waals surface area contributed by atoms with E-state index in [-0.39, 0.29) is 11.7 Å². The first-order valence-electron chi connectivity index (χ1n) is 9.92. The summed E-state index contributed by atoms with van der Waals surface area (Å²) in [6, 6.07) is 9.85. The minimum atomic E-state index is -0.709. The van der Waals surface area contributed by atoms with E-state index in [1.54, 1.807) is 0 Å². The molecule has 2 fully saturated rings. The first-order chi connectivity index (χ1) is 14.1. The molecule has 1 N–H and O–H groups in total. The van der Waals surface area contributed by atoms with E-state index in [1.165, 1.54) is 11.8 Å². The van der Waals surface area contributed by atoms with Gasteiger partial charge in [0.05, 0.1) is 17.5 Å². The van der Waals surface area contributed by atoms with E-state index in [2.05, 4.69) is 26.5 Å². The molecule has 1 aliphatic carbocycles. The van der Waals surface area contributed by atoms with Crippen LogP contribution in [0.3, 0.4) is 0 Å². The van der Waals surface area contributed by atoms with Crippen LogP contribution in [-0.4, -0.2) is 45.1 Å². The van der Waals surface area contributed by atoms with Crippen molar-refractivity contribution in [3.8, 4) is 11.8 Å². The summed E-state index contributed by atoms with van der Waals surface area (Å²) in [7, 11) is 0. The van der Waals surface area contributed by atoms with Crippen molar-refractivity contribution < 1.29 is 4.79 Å². The van der Waals surface area contributed by atoms with Crippen LogP contribution in [0.4, 0.5) is 5.95 Å². The summed E-state index contributed by atoms with van der Waals surface area (Å²) in [5.41, 5.74) is 0.163. The molecule has 0 radical (unpaired) electrons. The number of rotatable bonds is 6. The maximum absolute atomic E-state index is 12.5.